The normalized spacial score (nSPS) is 14.6. The molecule has 1 amide bonds. The molecule has 0 aromatic carbocycles. The molecule has 0 bridgehead atoms. The van der Waals surface area contributed by atoms with E-state index < -0.39 is 6.04 Å². The molecular weight excluding hydrogens is 204 g/mol. The second-order valence-corrected chi connectivity index (χ2v) is 4.13. The van der Waals surface area contributed by atoms with Crippen LogP contribution in [-0.2, 0) is 11.8 Å². The summed E-state index contributed by atoms with van der Waals surface area (Å²) in [6.45, 7) is 4.05. The largest absolute Gasteiger partial charge is 0.341 e. The van der Waals surface area contributed by atoms with Crippen molar-refractivity contribution in [1.29, 1.82) is 0 Å². The molecule has 1 rings (SSSR count). The van der Waals surface area contributed by atoms with Crippen molar-refractivity contribution >= 4 is 5.91 Å². The van der Waals surface area contributed by atoms with Gasteiger partial charge in [-0.15, -0.1) is 0 Å². The van der Waals surface area contributed by atoms with Crippen LogP contribution in [0.5, 0.6) is 0 Å². The fourth-order valence-corrected chi connectivity index (χ4v) is 1.45. The molecule has 2 atom stereocenters. The van der Waals surface area contributed by atoms with Crippen LogP contribution in [0.4, 0.5) is 0 Å². The molecule has 0 spiro atoms. The zero-order valence-corrected chi connectivity index (χ0v) is 10.3. The van der Waals surface area contributed by atoms with Crippen molar-refractivity contribution in [2.75, 3.05) is 7.05 Å². The zero-order valence-electron chi connectivity index (χ0n) is 10.3. The first-order chi connectivity index (χ1) is 7.47. The monoisotopic (exact) mass is 224 g/mol. The third kappa shape index (κ3) is 2.61. The lowest BCUT2D eigenvalue weighted by molar-refractivity contribution is -0.133. The Balaban J connectivity index is 2.74. The van der Waals surface area contributed by atoms with E-state index in [1.807, 2.05) is 13.8 Å². The number of carbonyl (C=O) groups excluding carboxylic acids is 1. The molecule has 1 aromatic rings. The summed E-state index contributed by atoms with van der Waals surface area (Å²) >= 11 is 0. The summed E-state index contributed by atoms with van der Waals surface area (Å²) in [7, 11) is 3.59. The molecule has 0 fully saturated rings. The van der Waals surface area contributed by atoms with Crippen LogP contribution in [0, 0.1) is 0 Å². The number of likely N-dealkylation sites (N-methyl/N-ethyl adjacent to an activating group) is 1. The Morgan fingerprint density at radius 2 is 2.31 bits per heavy atom. The van der Waals surface area contributed by atoms with Crippen LogP contribution in [-0.4, -0.2) is 33.7 Å². The number of carbonyl (C=O) groups is 1. The number of rotatable bonds is 4. The van der Waals surface area contributed by atoms with E-state index in [1.54, 1.807) is 36.1 Å². The van der Waals surface area contributed by atoms with Crippen molar-refractivity contribution < 1.29 is 4.79 Å². The second kappa shape index (κ2) is 5.12. The summed E-state index contributed by atoms with van der Waals surface area (Å²) in [4.78, 5) is 13.7. The number of aromatic nitrogens is 2. The summed E-state index contributed by atoms with van der Waals surface area (Å²) in [6.07, 6.45) is 4.32. The van der Waals surface area contributed by atoms with E-state index in [9.17, 15) is 4.79 Å². The minimum atomic E-state index is -0.618. The Morgan fingerprint density at radius 3 is 2.75 bits per heavy atom. The van der Waals surface area contributed by atoms with Gasteiger partial charge in [0, 0.05) is 31.9 Å². The fourth-order valence-electron chi connectivity index (χ4n) is 1.45. The smallest absolute Gasteiger partial charge is 0.244 e. The maximum atomic E-state index is 12.0. The molecule has 2 unspecified atom stereocenters. The van der Waals surface area contributed by atoms with Gasteiger partial charge in [-0.3, -0.25) is 9.48 Å². The highest BCUT2D eigenvalue weighted by Gasteiger charge is 2.23. The molecule has 0 aliphatic rings. The molecule has 5 heteroatoms. The van der Waals surface area contributed by atoms with Crippen molar-refractivity contribution in [3.8, 4) is 0 Å². The molecule has 90 valence electrons. The Morgan fingerprint density at radius 1 is 1.69 bits per heavy atom. The molecule has 1 aromatic heterocycles. The topological polar surface area (TPSA) is 64.2 Å². The number of hydrogen-bond acceptors (Lipinski definition) is 3. The Kier molecular flexibility index (Phi) is 4.06. The minimum Gasteiger partial charge on any atom is -0.341 e. The number of amides is 1. The van der Waals surface area contributed by atoms with Crippen LogP contribution in [0.25, 0.3) is 0 Å². The van der Waals surface area contributed by atoms with E-state index in [4.69, 9.17) is 5.73 Å². The maximum Gasteiger partial charge on any atom is 0.244 e. The van der Waals surface area contributed by atoms with Gasteiger partial charge in [-0.05, 0) is 13.3 Å². The molecule has 1 heterocycles. The number of nitrogens with zero attached hydrogens (tertiary/aromatic N) is 3. The van der Waals surface area contributed by atoms with Crippen molar-refractivity contribution in [1.82, 2.24) is 14.7 Å². The third-order valence-electron chi connectivity index (χ3n) is 2.95. The van der Waals surface area contributed by atoms with Gasteiger partial charge < -0.3 is 10.6 Å². The number of aryl methyl sites for hydroxylation is 1. The molecule has 2 N–H and O–H groups in total. The van der Waals surface area contributed by atoms with Crippen molar-refractivity contribution in [3.05, 3.63) is 18.0 Å². The lowest BCUT2D eigenvalue weighted by Crippen LogP contribution is -2.40. The molecule has 5 nitrogen and oxygen atoms in total. The summed E-state index contributed by atoms with van der Waals surface area (Å²) in [6, 6.07) is -0.414. The van der Waals surface area contributed by atoms with E-state index in [1.165, 1.54) is 0 Å². The highest BCUT2D eigenvalue weighted by molar-refractivity contribution is 5.82. The zero-order chi connectivity index (χ0) is 12.3. The van der Waals surface area contributed by atoms with Crippen molar-refractivity contribution in [2.24, 2.45) is 12.8 Å². The van der Waals surface area contributed by atoms with Crippen LogP contribution < -0.4 is 5.73 Å². The first-order valence-corrected chi connectivity index (χ1v) is 5.48. The third-order valence-corrected chi connectivity index (χ3v) is 2.95. The van der Waals surface area contributed by atoms with E-state index >= 15 is 0 Å². The predicted molar refractivity (Wildman–Crippen MR) is 62.7 cm³/mol. The molecule has 0 saturated heterocycles. The minimum absolute atomic E-state index is 0.0673. The predicted octanol–water partition coefficient (Wildman–Crippen LogP) is 0.677. The molecule has 0 aliphatic heterocycles. The van der Waals surface area contributed by atoms with Gasteiger partial charge in [-0.25, -0.2) is 0 Å². The SMILES string of the molecule is CCC(C)N(C)C(=O)C(N)c1cnn(C)c1. The van der Waals surface area contributed by atoms with Gasteiger partial charge in [0.05, 0.1) is 6.20 Å². The average molecular weight is 224 g/mol. The van der Waals surface area contributed by atoms with Gasteiger partial charge in [0.25, 0.3) is 0 Å². The maximum absolute atomic E-state index is 12.0. The highest BCUT2D eigenvalue weighted by Crippen LogP contribution is 2.13. The summed E-state index contributed by atoms with van der Waals surface area (Å²) in [5.41, 5.74) is 6.65. The van der Waals surface area contributed by atoms with E-state index in [2.05, 4.69) is 5.10 Å². The molecule has 0 saturated carbocycles. The average Bonchev–Trinajstić information content (AvgIpc) is 2.71. The summed E-state index contributed by atoms with van der Waals surface area (Å²) in [5, 5.41) is 4.01. The Labute approximate surface area is 96.2 Å². The van der Waals surface area contributed by atoms with E-state index in [0.29, 0.717) is 0 Å². The summed E-state index contributed by atoms with van der Waals surface area (Å²) in [5.74, 6) is -0.0673. The molecule has 16 heavy (non-hydrogen) atoms. The van der Waals surface area contributed by atoms with Crippen molar-refractivity contribution in [3.63, 3.8) is 0 Å². The Bertz CT molecular complexity index is 361. The van der Waals surface area contributed by atoms with Crippen LogP contribution in [0.2, 0.25) is 0 Å². The molecule has 0 radical (unpaired) electrons. The van der Waals surface area contributed by atoms with Gasteiger partial charge in [0.15, 0.2) is 0 Å². The van der Waals surface area contributed by atoms with Crippen LogP contribution >= 0.6 is 0 Å². The van der Waals surface area contributed by atoms with Gasteiger partial charge in [-0.2, -0.15) is 5.10 Å². The number of nitrogens with two attached hydrogens (primary N) is 1. The van der Waals surface area contributed by atoms with Gasteiger partial charge in [0.2, 0.25) is 5.91 Å². The van der Waals surface area contributed by atoms with Crippen LogP contribution in [0.15, 0.2) is 12.4 Å². The van der Waals surface area contributed by atoms with E-state index in [0.717, 1.165) is 12.0 Å². The van der Waals surface area contributed by atoms with Gasteiger partial charge in [0.1, 0.15) is 6.04 Å². The lowest BCUT2D eigenvalue weighted by Gasteiger charge is -2.26. The first-order valence-electron chi connectivity index (χ1n) is 5.48. The van der Waals surface area contributed by atoms with Crippen LogP contribution in [0.1, 0.15) is 31.9 Å². The Hall–Kier alpha value is -1.36. The highest BCUT2D eigenvalue weighted by atomic mass is 16.2. The van der Waals surface area contributed by atoms with Crippen LogP contribution in [0.3, 0.4) is 0 Å². The lowest BCUT2D eigenvalue weighted by atomic mass is 10.1. The van der Waals surface area contributed by atoms with Gasteiger partial charge >= 0.3 is 0 Å². The fraction of sp³-hybridized carbons (Fsp3) is 0.636. The second-order valence-electron chi connectivity index (χ2n) is 4.13. The van der Waals surface area contributed by atoms with E-state index in [-0.39, 0.29) is 11.9 Å². The number of hydrogen-bond donors (Lipinski definition) is 1. The molecular formula is C11H20N4O. The standard InChI is InChI=1S/C11H20N4O/c1-5-8(2)15(4)11(16)10(12)9-6-13-14(3)7-9/h6-8,10H,5,12H2,1-4H3. The first kappa shape index (κ1) is 12.7. The summed E-state index contributed by atoms with van der Waals surface area (Å²) < 4.78 is 1.64. The van der Waals surface area contributed by atoms with Crippen molar-refractivity contribution in [2.45, 2.75) is 32.4 Å². The molecule has 0 aliphatic carbocycles. The van der Waals surface area contributed by atoms with Gasteiger partial charge in [-0.1, -0.05) is 6.92 Å². The quantitative estimate of drug-likeness (QED) is 0.818.